The van der Waals surface area contributed by atoms with Gasteiger partial charge in [-0.05, 0) is 12.1 Å². The van der Waals surface area contributed by atoms with Gasteiger partial charge in [-0.25, -0.2) is 0 Å². The number of rotatable bonds is 1. The molecule has 1 fully saturated rings. The summed E-state index contributed by atoms with van der Waals surface area (Å²) >= 11 is 5.83. The Hall–Kier alpha value is -0.610. The van der Waals surface area contributed by atoms with Gasteiger partial charge in [-0.15, -0.1) is 0 Å². The maximum Gasteiger partial charge on any atom is 0.184 e. The molecule has 0 amide bonds. The fraction of sp³-hybridized carbons (Fsp3) is 0.400. The van der Waals surface area contributed by atoms with E-state index in [4.69, 9.17) is 26.2 Å². The topological polar surface area (TPSA) is 38.7 Å². The van der Waals surface area contributed by atoms with Crippen LogP contribution in [-0.4, -0.2) is 24.4 Å². The lowest BCUT2D eigenvalue weighted by atomic mass is 10.2. The molecule has 1 N–H and O–H groups in total. The highest BCUT2D eigenvalue weighted by molar-refractivity contribution is 6.30. The van der Waals surface area contributed by atoms with Gasteiger partial charge in [0.1, 0.15) is 6.10 Å². The largest absolute Gasteiger partial charge is 0.388 e. The summed E-state index contributed by atoms with van der Waals surface area (Å²) in [5, 5.41) is 9.81. The van der Waals surface area contributed by atoms with Crippen molar-refractivity contribution < 1.29 is 14.6 Å². The number of ether oxygens (including phenoxy) is 2. The van der Waals surface area contributed by atoms with E-state index >= 15 is 0 Å². The maximum absolute atomic E-state index is 9.15. The second-order valence-electron chi connectivity index (χ2n) is 3.21. The SMILES string of the molecule is OC1COC(c2cccc(Cl)c2)OC1. The van der Waals surface area contributed by atoms with Crippen LogP contribution in [0.1, 0.15) is 11.9 Å². The first kappa shape index (κ1) is 9.93. The Morgan fingerprint density at radius 2 is 2.00 bits per heavy atom. The highest BCUT2D eigenvalue weighted by Crippen LogP contribution is 2.24. The molecule has 0 spiro atoms. The second kappa shape index (κ2) is 4.28. The number of hydrogen-bond donors (Lipinski definition) is 1. The summed E-state index contributed by atoms with van der Waals surface area (Å²) in [4.78, 5) is 0. The average Bonchev–Trinajstić information content (AvgIpc) is 2.19. The number of halogens is 1. The summed E-state index contributed by atoms with van der Waals surface area (Å²) in [5.41, 5.74) is 0.879. The Labute approximate surface area is 87.2 Å². The van der Waals surface area contributed by atoms with E-state index < -0.39 is 12.4 Å². The lowest BCUT2D eigenvalue weighted by molar-refractivity contribution is -0.220. The molecule has 0 radical (unpaired) electrons. The Morgan fingerprint density at radius 1 is 1.29 bits per heavy atom. The highest BCUT2D eigenvalue weighted by Gasteiger charge is 2.21. The highest BCUT2D eigenvalue weighted by atomic mass is 35.5. The van der Waals surface area contributed by atoms with Gasteiger partial charge in [-0.2, -0.15) is 0 Å². The lowest BCUT2D eigenvalue weighted by Gasteiger charge is -2.26. The van der Waals surface area contributed by atoms with E-state index in [1.807, 2.05) is 12.1 Å². The van der Waals surface area contributed by atoms with Crippen molar-refractivity contribution in [3.63, 3.8) is 0 Å². The zero-order valence-corrected chi connectivity index (χ0v) is 8.28. The van der Waals surface area contributed by atoms with Crippen molar-refractivity contribution in [2.24, 2.45) is 0 Å². The van der Waals surface area contributed by atoms with Crippen LogP contribution in [0.5, 0.6) is 0 Å². The van der Waals surface area contributed by atoms with Gasteiger partial charge in [-0.3, -0.25) is 0 Å². The third-order valence-electron chi connectivity index (χ3n) is 2.00. The molecule has 0 saturated carbocycles. The van der Waals surface area contributed by atoms with Gasteiger partial charge in [0.2, 0.25) is 0 Å². The molecule has 0 bridgehead atoms. The summed E-state index contributed by atoms with van der Waals surface area (Å²) in [6.07, 6.45) is -0.928. The van der Waals surface area contributed by atoms with E-state index in [-0.39, 0.29) is 0 Å². The molecule has 4 heteroatoms. The Bertz CT molecular complexity index is 308. The van der Waals surface area contributed by atoms with Crippen LogP contribution < -0.4 is 0 Å². The molecule has 0 unspecified atom stereocenters. The fourth-order valence-corrected chi connectivity index (χ4v) is 1.54. The van der Waals surface area contributed by atoms with Gasteiger partial charge in [0.05, 0.1) is 13.2 Å². The van der Waals surface area contributed by atoms with Gasteiger partial charge < -0.3 is 14.6 Å². The summed E-state index contributed by atoms with van der Waals surface area (Å²) in [6, 6.07) is 7.32. The normalized spacial score (nSPS) is 27.6. The van der Waals surface area contributed by atoms with Crippen LogP contribution >= 0.6 is 11.6 Å². The number of benzene rings is 1. The van der Waals surface area contributed by atoms with Gasteiger partial charge >= 0.3 is 0 Å². The van der Waals surface area contributed by atoms with Crippen molar-refractivity contribution >= 4 is 11.6 Å². The van der Waals surface area contributed by atoms with E-state index in [0.717, 1.165) is 5.56 Å². The molecule has 1 heterocycles. The predicted octanol–water partition coefficient (Wildman–Crippen LogP) is 1.75. The van der Waals surface area contributed by atoms with E-state index in [1.54, 1.807) is 12.1 Å². The fourth-order valence-electron chi connectivity index (χ4n) is 1.34. The molecule has 0 atom stereocenters. The minimum atomic E-state index is -0.523. The zero-order chi connectivity index (χ0) is 9.97. The van der Waals surface area contributed by atoms with Crippen molar-refractivity contribution in [3.8, 4) is 0 Å². The summed E-state index contributed by atoms with van der Waals surface area (Å²) in [5.74, 6) is 0. The molecular weight excluding hydrogens is 204 g/mol. The molecular formula is C10H11ClO3. The van der Waals surface area contributed by atoms with Crippen molar-refractivity contribution in [2.75, 3.05) is 13.2 Å². The van der Waals surface area contributed by atoms with Crippen LogP contribution in [0.15, 0.2) is 24.3 Å². The lowest BCUT2D eigenvalue weighted by Crippen LogP contribution is -2.30. The first-order chi connectivity index (χ1) is 6.75. The van der Waals surface area contributed by atoms with Crippen molar-refractivity contribution in [2.45, 2.75) is 12.4 Å². The first-order valence-electron chi connectivity index (χ1n) is 4.42. The molecule has 1 aliphatic heterocycles. The van der Waals surface area contributed by atoms with Gasteiger partial charge in [0.25, 0.3) is 0 Å². The van der Waals surface area contributed by atoms with Crippen molar-refractivity contribution in [3.05, 3.63) is 34.9 Å². The number of aliphatic hydroxyl groups excluding tert-OH is 1. The van der Waals surface area contributed by atoms with Crippen molar-refractivity contribution in [1.82, 2.24) is 0 Å². The van der Waals surface area contributed by atoms with Gasteiger partial charge in [-0.1, -0.05) is 23.7 Å². The van der Waals surface area contributed by atoms with Crippen LogP contribution in [0.2, 0.25) is 5.02 Å². The summed E-state index contributed by atoms with van der Waals surface area (Å²) in [6.45, 7) is 0.606. The quantitative estimate of drug-likeness (QED) is 0.774. The molecule has 14 heavy (non-hydrogen) atoms. The Morgan fingerprint density at radius 3 is 2.64 bits per heavy atom. The number of hydrogen-bond acceptors (Lipinski definition) is 3. The van der Waals surface area contributed by atoms with Crippen LogP contribution in [0, 0.1) is 0 Å². The van der Waals surface area contributed by atoms with Crippen LogP contribution in [0.4, 0.5) is 0 Å². The monoisotopic (exact) mass is 214 g/mol. The van der Waals surface area contributed by atoms with Gasteiger partial charge in [0, 0.05) is 10.6 Å². The molecule has 1 aromatic rings. The molecule has 0 aliphatic carbocycles. The van der Waals surface area contributed by atoms with Crippen LogP contribution in [0.25, 0.3) is 0 Å². The summed E-state index contributed by atoms with van der Waals surface area (Å²) in [7, 11) is 0. The molecule has 2 rings (SSSR count). The third kappa shape index (κ3) is 2.25. The second-order valence-corrected chi connectivity index (χ2v) is 3.64. The molecule has 1 aromatic carbocycles. The average molecular weight is 215 g/mol. The van der Waals surface area contributed by atoms with E-state index in [9.17, 15) is 0 Å². The summed E-state index contributed by atoms with van der Waals surface area (Å²) < 4.78 is 10.6. The predicted molar refractivity (Wildman–Crippen MR) is 52.1 cm³/mol. The van der Waals surface area contributed by atoms with E-state index in [2.05, 4.69) is 0 Å². The Balaban J connectivity index is 2.08. The van der Waals surface area contributed by atoms with E-state index in [1.165, 1.54) is 0 Å². The molecule has 76 valence electrons. The smallest absolute Gasteiger partial charge is 0.184 e. The molecule has 0 aromatic heterocycles. The first-order valence-corrected chi connectivity index (χ1v) is 4.80. The van der Waals surface area contributed by atoms with E-state index in [0.29, 0.717) is 18.2 Å². The zero-order valence-electron chi connectivity index (χ0n) is 7.52. The molecule has 1 saturated heterocycles. The van der Waals surface area contributed by atoms with Crippen LogP contribution in [0.3, 0.4) is 0 Å². The minimum Gasteiger partial charge on any atom is -0.388 e. The standard InChI is InChI=1S/C10H11ClO3/c11-8-3-1-2-7(4-8)10-13-5-9(12)6-14-10/h1-4,9-10,12H,5-6H2. The number of aliphatic hydroxyl groups is 1. The Kier molecular flexibility index (Phi) is 3.03. The molecule has 1 aliphatic rings. The van der Waals surface area contributed by atoms with Gasteiger partial charge in [0.15, 0.2) is 6.29 Å². The minimum absolute atomic E-state index is 0.303. The van der Waals surface area contributed by atoms with Crippen molar-refractivity contribution in [1.29, 1.82) is 0 Å². The molecule has 3 nitrogen and oxygen atoms in total. The van der Waals surface area contributed by atoms with Crippen LogP contribution in [-0.2, 0) is 9.47 Å². The maximum atomic E-state index is 9.15. The third-order valence-corrected chi connectivity index (χ3v) is 2.24.